The monoisotopic (exact) mass is 394 g/mol. The Morgan fingerprint density at radius 1 is 1.22 bits per heavy atom. The topological polar surface area (TPSA) is 74.8 Å². The molecule has 0 fully saturated rings. The number of allylic oxidation sites excluding steroid dienone is 1. The van der Waals surface area contributed by atoms with E-state index in [1.807, 2.05) is 37.3 Å². The Hall–Kier alpha value is -3.03. The van der Waals surface area contributed by atoms with Gasteiger partial charge in [-0.2, -0.15) is 0 Å². The Bertz CT molecular complexity index is 1200. The molecule has 5 nitrogen and oxygen atoms in total. The summed E-state index contributed by atoms with van der Waals surface area (Å²) in [6.45, 7) is 1.93. The minimum atomic E-state index is -1.03. The number of para-hydroxylation sites is 1. The van der Waals surface area contributed by atoms with Crippen LogP contribution in [0.4, 0.5) is 5.69 Å². The van der Waals surface area contributed by atoms with Crippen molar-refractivity contribution in [3.63, 3.8) is 0 Å². The van der Waals surface area contributed by atoms with E-state index in [2.05, 4.69) is 4.99 Å². The normalized spacial score (nSPS) is 14.3. The number of carbonyl (C=O) groups is 1. The number of aromatic carboxylic acids is 1. The molecular weight excluding hydrogens is 380 g/mol. The number of carboxylic acid groups (broad SMARTS) is 1. The number of fused-ring (bicyclic) bond motifs is 1. The third-order valence-electron chi connectivity index (χ3n) is 4.31. The molecule has 1 aliphatic heterocycles. The summed E-state index contributed by atoms with van der Waals surface area (Å²) in [6.07, 6.45) is 1.87. The van der Waals surface area contributed by atoms with Crippen molar-refractivity contribution in [2.24, 2.45) is 4.99 Å². The molecule has 0 radical (unpaired) electrons. The molecule has 2 heterocycles. The van der Waals surface area contributed by atoms with E-state index in [-0.39, 0.29) is 11.4 Å². The summed E-state index contributed by atoms with van der Waals surface area (Å²) < 4.78 is 1.91. The second-order valence-electron chi connectivity index (χ2n) is 6.02. The fourth-order valence-corrected chi connectivity index (χ4v) is 4.32. The van der Waals surface area contributed by atoms with Crippen molar-refractivity contribution in [1.82, 2.24) is 4.57 Å². The van der Waals surface area contributed by atoms with E-state index in [4.69, 9.17) is 12.2 Å². The summed E-state index contributed by atoms with van der Waals surface area (Å²) in [5, 5.41) is 20.0. The Balaban J connectivity index is 1.84. The summed E-state index contributed by atoms with van der Waals surface area (Å²) >= 11 is 6.68. The first-order chi connectivity index (χ1) is 13.0. The largest absolute Gasteiger partial charge is 0.493 e. The van der Waals surface area contributed by atoms with Gasteiger partial charge in [-0.3, -0.25) is 9.56 Å². The summed E-state index contributed by atoms with van der Waals surface area (Å²) in [5.74, 6) is -1.05. The summed E-state index contributed by atoms with van der Waals surface area (Å²) in [6, 6.07) is 14.1. The van der Waals surface area contributed by atoms with Crippen LogP contribution in [0, 0.1) is 3.95 Å². The molecule has 2 aromatic carbocycles. The maximum Gasteiger partial charge on any atom is 0.335 e. The minimum Gasteiger partial charge on any atom is -0.493 e. The summed E-state index contributed by atoms with van der Waals surface area (Å²) in [4.78, 5) is 16.4. The van der Waals surface area contributed by atoms with Crippen molar-refractivity contribution < 1.29 is 15.0 Å². The molecule has 1 aliphatic rings. The molecule has 2 N–H and O–H groups in total. The van der Waals surface area contributed by atoms with Gasteiger partial charge < -0.3 is 10.2 Å². The standard InChI is InChI=1S/C20H14N2O3S2/c1-11-15(14-7-2-3-8-16(14)21-11)10-17-18(23)22(20(26)27-17)13-6-4-5-12(9-13)19(24)25/h2-10,23H,1H3,(H,24,25)/b15-10-. The predicted molar refractivity (Wildman–Crippen MR) is 110 cm³/mol. The predicted octanol–water partition coefficient (Wildman–Crippen LogP) is 5.32. The average molecular weight is 394 g/mol. The fraction of sp³-hybridized carbons (Fsp3) is 0.0500. The molecule has 0 saturated heterocycles. The lowest BCUT2D eigenvalue weighted by atomic mass is 10.0. The Kier molecular flexibility index (Phi) is 4.25. The lowest BCUT2D eigenvalue weighted by molar-refractivity contribution is 0.0697. The molecule has 0 spiro atoms. The number of hydrogen-bond donors (Lipinski definition) is 2. The van der Waals surface area contributed by atoms with Crippen LogP contribution >= 0.6 is 23.6 Å². The first kappa shape index (κ1) is 17.4. The molecule has 7 heteroatoms. The first-order valence-electron chi connectivity index (χ1n) is 8.11. The molecule has 4 rings (SSSR count). The zero-order valence-corrected chi connectivity index (χ0v) is 15.8. The summed E-state index contributed by atoms with van der Waals surface area (Å²) in [7, 11) is 0. The van der Waals surface area contributed by atoms with Crippen molar-refractivity contribution in [2.45, 2.75) is 6.92 Å². The van der Waals surface area contributed by atoms with Gasteiger partial charge in [-0.25, -0.2) is 4.79 Å². The van der Waals surface area contributed by atoms with E-state index in [0.717, 1.165) is 22.5 Å². The van der Waals surface area contributed by atoms with Crippen LogP contribution in [0.1, 0.15) is 27.7 Å². The number of benzene rings is 2. The quantitative estimate of drug-likeness (QED) is 0.590. The van der Waals surface area contributed by atoms with Crippen LogP contribution in [-0.2, 0) is 0 Å². The molecule has 0 bridgehead atoms. The van der Waals surface area contributed by atoms with Crippen LogP contribution < -0.4 is 0 Å². The molecular formula is C20H14N2O3S2. The lowest BCUT2D eigenvalue weighted by Crippen LogP contribution is -1.99. The van der Waals surface area contributed by atoms with Crippen molar-refractivity contribution in [3.8, 4) is 11.6 Å². The van der Waals surface area contributed by atoms with Crippen molar-refractivity contribution in [1.29, 1.82) is 0 Å². The highest BCUT2D eigenvalue weighted by Gasteiger charge is 2.20. The minimum absolute atomic E-state index is 0.0165. The Labute approximate surface area is 164 Å². The first-order valence-corrected chi connectivity index (χ1v) is 9.33. The Morgan fingerprint density at radius 2 is 2.00 bits per heavy atom. The molecule has 1 aromatic heterocycles. The third kappa shape index (κ3) is 3.01. The molecule has 0 unspecified atom stereocenters. The van der Waals surface area contributed by atoms with Crippen molar-refractivity contribution in [2.75, 3.05) is 0 Å². The van der Waals surface area contributed by atoms with Gasteiger partial charge in [-0.1, -0.05) is 24.3 Å². The van der Waals surface area contributed by atoms with Gasteiger partial charge in [0, 0.05) is 16.8 Å². The van der Waals surface area contributed by atoms with Crippen LogP contribution in [0.5, 0.6) is 5.88 Å². The Morgan fingerprint density at radius 3 is 2.78 bits per heavy atom. The van der Waals surface area contributed by atoms with Gasteiger partial charge >= 0.3 is 5.97 Å². The smallest absolute Gasteiger partial charge is 0.335 e. The van der Waals surface area contributed by atoms with E-state index >= 15 is 0 Å². The number of carboxylic acids is 1. The fourth-order valence-electron chi connectivity index (χ4n) is 3.03. The lowest BCUT2D eigenvalue weighted by Gasteiger charge is -2.06. The highest BCUT2D eigenvalue weighted by molar-refractivity contribution is 7.73. The van der Waals surface area contributed by atoms with Crippen LogP contribution in [0.2, 0.25) is 0 Å². The molecule has 0 saturated carbocycles. The number of rotatable bonds is 3. The number of nitrogens with zero attached hydrogens (tertiary/aromatic N) is 2. The van der Waals surface area contributed by atoms with Gasteiger partial charge in [0.25, 0.3) is 0 Å². The van der Waals surface area contributed by atoms with Crippen LogP contribution in [-0.4, -0.2) is 26.5 Å². The number of thiazole rings is 1. The van der Waals surface area contributed by atoms with E-state index in [1.165, 1.54) is 28.0 Å². The molecule has 134 valence electrons. The van der Waals surface area contributed by atoms with Crippen LogP contribution in [0.15, 0.2) is 53.5 Å². The van der Waals surface area contributed by atoms with Gasteiger partial charge in [0.15, 0.2) is 3.95 Å². The number of aromatic hydroxyl groups is 1. The maximum absolute atomic E-state index is 11.2. The third-order valence-corrected chi connectivity index (χ3v) is 5.62. The number of aromatic nitrogens is 1. The van der Waals surface area contributed by atoms with E-state index < -0.39 is 5.97 Å². The second kappa shape index (κ2) is 6.61. The second-order valence-corrected chi connectivity index (χ2v) is 7.69. The summed E-state index contributed by atoms with van der Waals surface area (Å²) in [5.41, 5.74) is 4.35. The molecule has 27 heavy (non-hydrogen) atoms. The average Bonchev–Trinajstić information content (AvgIpc) is 3.11. The van der Waals surface area contributed by atoms with Gasteiger partial charge in [0.2, 0.25) is 5.88 Å². The van der Waals surface area contributed by atoms with Gasteiger partial charge in [0.05, 0.1) is 21.8 Å². The SMILES string of the molecule is CC1=Nc2ccccc2/C1=C\c1sc(=S)n(-c2cccc(C(=O)O)c2)c1O. The maximum atomic E-state index is 11.2. The van der Waals surface area contributed by atoms with Crippen LogP contribution in [0.25, 0.3) is 17.3 Å². The van der Waals surface area contributed by atoms with Gasteiger partial charge in [0.1, 0.15) is 0 Å². The number of hydrogen-bond acceptors (Lipinski definition) is 5. The van der Waals surface area contributed by atoms with Gasteiger partial charge in [-0.05, 0) is 49.5 Å². The van der Waals surface area contributed by atoms with Crippen LogP contribution in [0.3, 0.4) is 0 Å². The molecule has 0 amide bonds. The molecule has 3 aromatic rings. The zero-order chi connectivity index (χ0) is 19.1. The van der Waals surface area contributed by atoms with E-state index in [9.17, 15) is 15.0 Å². The van der Waals surface area contributed by atoms with Crippen molar-refractivity contribution in [3.05, 3.63) is 68.5 Å². The molecule has 0 atom stereocenters. The number of aliphatic imine (C=N–C) groups is 1. The zero-order valence-electron chi connectivity index (χ0n) is 14.2. The van der Waals surface area contributed by atoms with Crippen molar-refractivity contribution >= 4 is 52.6 Å². The van der Waals surface area contributed by atoms with E-state index in [0.29, 0.717) is 14.5 Å². The highest BCUT2D eigenvalue weighted by atomic mass is 32.1. The molecule has 0 aliphatic carbocycles. The van der Waals surface area contributed by atoms with E-state index in [1.54, 1.807) is 12.1 Å². The highest BCUT2D eigenvalue weighted by Crippen LogP contribution is 2.39. The van der Waals surface area contributed by atoms with Gasteiger partial charge in [-0.15, -0.1) is 11.3 Å².